The summed E-state index contributed by atoms with van der Waals surface area (Å²) in [6.45, 7) is 1.49. The van der Waals surface area contributed by atoms with Gasteiger partial charge >= 0.3 is 0 Å². The van der Waals surface area contributed by atoms with E-state index in [1.54, 1.807) is 36.4 Å². The molecule has 0 radical (unpaired) electrons. The van der Waals surface area contributed by atoms with Crippen molar-refractivity contribution in [2.45, 2.75) is 19.8 Å². The second kappa shape index (κ2) is 8.01. The molecule has 1 N–H and O–H groups in total. The molecule has 0 aliphatic heterocycles. The largest absolute Gasteiger partial charge is 0.326 e. The van der Waals surface area contributed by atoms with Gasteiger partial charge in [-0.1, -0.05) is 12.1 Å². The fourth-order valence-corrected chi connectivity index (χ4v) is 3.29. The number of thiazole rings is 1. The van der Waals surface area contributed by atoms with Crippen LogP contribution in [0.2, 0.25) is 0 Å². The van der Waals surface area contributed by atoms with Gasteiger partial charge in [0.2, 0.25) is 5.91 Å². The van der Waals surface area contributed by atoms with E-state index in [4.69, 9.17) is 0 Å². The number of ketones is 1. The van der Waals surface area contributed by atoms with Gasteiger partial charge in [-0.15, -0.1) is 11.3 Å². The van der Waals surface area contributed by atoms with E-state index in [1.165, 1.54) is 30.4 Å². The zero-order valence-corrected chi connectivity index (χ0v) is 15.0. The van der Waals surface area contributed by atoms with Crippen LogP contribution in [0.5, 0.6) is 0 Å². The number of Topliss-reactive ketones (excluding diaryl/α,β-unsaturated/α-hetero) is 1. The van der Waals surface area contributed by atoms with Crippen molar-refractivity contribution in [3.05, 3.63) is 71.0 Å². The number of carbonyl (C=O) groups excluding carboxylic acids is 2. The van der Waals surface area contributed by atoms with E-state index in [-0.39, 0.29) is 23.9 Å². The number of carbonyl (C=O) groups is 2. The highest BCUT2D eigenvalue weighted by Gasteiger charge is 2.09. The van der Waals surface area contributed by atoms with Gasteiger partial charge in [-0.2, -0.15) is 0 Å². The molecule has 0 saturated heterocycles. The van der Waals surface area contributed by atoms with Gasteiger partial charge in [-0.05, 0) is 49.7 Å². The first kappa shape index (κ1) is 17.9. The number of nitrogens with zero attached hydrogens (tertiary/aromatic N) is 1. The summed E-state index contributed by atoms with van der Waals surface area (Å²) in [6, 6.07) is 13.0. The smallest absolute Gasteiger partial charge is 0.224 e. The second-order valence-corrected chi connectivity index (χ2v) is 6.69. The van der Waals surface area contributed by atoms with Gasteiger partial charge in [0.05, 0.1) is 5.69 Å². The van der Waals surface area contributed by atoms with Crippen LogP contribution in [0.3, 0.4) is 0 Å². The van der Waals surface area contributed by atoms with Gasteiger partial charge in [0, 0.05) is 28.6 Å². The Balaban J connectivity index is 1.57. The molecule has 26 heavy (non-hydrogen) atoms. The Morgan fingerprint density at radius 1 is 1.15 bits per heavy atom. The molecule has 3 aromatic rings. The molecule has 0 bridgehead atoms. The van der Waals surface area contributed by atoms with E-state index in [0.29, 0.717) is 17.7 Å². The lowest BCUT2D eigenvalue weighted by atomic mass is 10.1. The average Bonchev–Trinajstić information content (AvgIpc) is 3.10. The molecule has 1 amide bonds. The predicted molar refractivity (Wildman–Crippen MR) is 101 cm³/mol. The van der Waals surface area contributed by atoms with Crippen molar-refractivity contribution in [2.24, 2.45) is 0 Å². The molecular weight excluding hydrogens is 351 g/mol. The van der Waals surface area contributed by atoms with E-state index in [2.05, 4.69) is 10.3 Å². The topological polar surface area (TPSA) is 59.1 Å². The van der Waals surface area contributed by atoms with Crippen LogP contribution >= 0.6 is 11.3 Å². The molecule has 0 unspecified atom stereocenters. The number of aryl methyl sites for hydroxylation is 1. The van der Waals surface area contributed by atoms with Crippen molar-refractivity contribution < 1.29 is 14.0 Å². The normalized spacial score (nSPS) is 10.5. The Labute approximate surface area is 154 Å². The molecule has 0 atom stereocenters. The Kier molecular flexibility index (Phi) is 5.53. The minimum atomic E-state index is -0.281. The minimum Gasteiger partial charge on any atom is -0.326 e. The number of halogens is 1. The number of benzene rings is 2. The van der Waals surface area contributed by atoms with Gasteiger partial charge in [0.25, 0.3) is 0 Å². The first-order valence-electron chi connectivity index (χ1n) is 8.12. The fourth-order valence-electron chi connectivity index (χ4n) is 2.43. The van der Waals surface area contributed by atoms with E-state index < -0.39 is 0 Å². The molecule has 0 saturated carbocycles. The van der Waals surface area contributed by atoms with E-state index >= 15 is 0 Å². The summed E-state index contributed by atoms with van der Waals surface area (Å²) in [5.41, 5.74) is 2.84. The Morgan fingerprint density at radius 2 is 1.92 bits per heavy atom. The Morgan fingerprint density at radius 3 is 2.65 bits per heavy atom. The number of anilines is 1. The van der Waals surface area contributed by atoms with Crippen molar-refractivity contribution in [1.29, 1.82) is 0 Å². The molecular formula is C20H17FN2O2S. The van der Waals surface area contributed by atoms with Crippen LogP contribution in [-0.4, -0.2) is 16.7 Å². The van der Waals surface area contributed by atoms with E-state index in [0.717, 1.165) is 16.3 Å². The second-order valence-electron chi connectivity index (χ2n) is 5.84. The number of hydrogen-bond acceptors (Lipinski definition) is 4. The summed E-state index contributed by atoms with van der Waals surface area (Å²) in [7, 11) is 0. The molecule has 0 aliphatic carbocycles. The molecule has 2 aromatic carbocycles. The lowest BCUT2D eigenvalue weighted by Crippen LogP contribution is -2.12. The molecule has 0 aliphatic rings. The summed E-state index contributed by atoms with van der Waals surface area (Å²) in [4.78, 5) is 28.0. The number of hydrogen-bond donors (Lipinski definition) is 1. The van der Waals surface area contributed by atoms with Crippen LogP contribution in [0.15, 0.2) is 53.9 Å². The Bertz CT molecular complexity index is 935. The number of aromatic nitrogens is 1. The van der Waals surface area contributed by atoms with Crippen molar-refractivity contribution in [3.8, 4) is 10.6 Å². The van der Waals surface area contributed by atoms with E-state index in [9.17, 15) is 14.0 Å². The van der Waals surface area contributed by atoms with Crippen molar-refractivity contribution in [1.82, 2.24) is 4.98 Å². The maximum absolute atomic E-state index is 13.0. The molecule has 6 heteroatoms. The summed E-state index contributed by atoms with van der Waals surface area (Å²) in [6.07, 6.45) is 0.798. The van der Waals surface area contributed by atoms with Crippen LogP contribution in [0.25, 0.3) is 10.6 Å². The molecule has 3 rings (SSSR count). The quantitative estimate of drug-likeness (QED) is 0.640. The summed E-state index contributed by atoms with van der Waals surface area (Å²) in [5, 5.41) is 5.50. The van der Waals surface area contributed by atoms with Crippen LogP contribution in [-0.2, 0) is 11.2 Å². The van der Waals surface area contributed by atoms with Crippen molar-refractivity contribution >= 4 is 28.7 Å². The number of nitrogens with one attached hydrogen (secondary N) is 1. The van der Waals surface area contributed by atoms with Crippen LogP contribution in [0.4, 0.5) is 10.1 Å². The third-order valence-corrected chi connectivity index (χ3v) is 4.74. The maximum atomic E-state index is 13.0. The zero-order chi connectivity index (χ0) is 18.5. The van der Waals surface area contributed by atoms with Gasteiger partial charge < -0.3 is 5.32 Å². The van der Waals surface area contributed by atoms with Crippen molar-refractivity contribution in [3.63, 3.8) is 0 Å². The first-order chi connectivity index (χ1) is 12.5. The number of rotatable bonds is 6. The summed E-state index contributed by atoms with van der Waals surface area (Å²) >= 11 is 1.47. The fraction of sp³-hybridized carbons (Fsp3) is 0.150. The molecule has 132 valence electrons. The molecule has 1 aromatic heterocycles. The highest BCUT2D eigenvalue weighted by molar-refractivity contribution is 7.13. The summed E-state index contributed by atoms with van der Waals surface area (Å²) in [5.74, 6) is -0.463. The lowest BCUT2D eigenvalue weighted by molar-refractivity contribution is -0.116. The van der Waals surface area contributed by atoms with E-state index in [1.807, 2.05) is 5.38 Å². The SMILES string of the molecule is CC(=O)c1cccc(NC(=O)CCc2csc(-c3ccc(F)cc3)n2)c1. The zero-order valence-electron chi connectivity index (χ0n) is 14.2. The average molecular weight is 368 g/mol. The highest BCUT2D eigenvalue weighted by atomic mass is 32.1. The summed E-state index contributed by atoms with van der Waals surface area (Å²) < 4.78 is 13.0. The van der Waals surface area contributed by atoms with Crippen LogP contribution in [0, 0.1) is 5.82 Å². The van der Waals surface area contributed by atoms with Crippen molar-refractivity contribution in [2.75, 3.05) is 5.32 Å². The van der Waals surface area contributed by atoms with Gasteiger partial charge in [0.15, 0.2) is 5.78 Å². The monoisotopic (exact) mass is 368 g/mol. The molecule has 4 nitrogen and oxygen atoms in total. The predicted octanol–water partition coefficient (Wildman–Crippen LogP) is 4.72. The van der Waals surface area contributed by atoms with Gasteiger partial charge in [-0.3, -0.25) is 9.59 Å². The standard InChI is InChI=1S/C20H17FN2O2S/c1-13(24)15-3-2-4-17(11-15)22-19(25)10-9-18-12-26-20(23-18)14-5-7-16(21)8-6-14/h2-8,11-12H,9-10H2,1H3,(H,22,25). The van der Waals surface area contributed by atoms with Crippen LogP contribution < -0.4 is 5.32 Å². The van der Waals surface area contributed by atoms with Crippen LogP contribution in [0.1, 0.15) is 29.4 Å². The minimum absolute atomic E-state index is 0.0445. The lowest BCUT2D eigenvalue weighted by Gasteiger charge is -2.05. The number of amides is 1. The molecule has 1 heterocycles. The maximum Gasteiger partial charge on any atom is 0.224 e. The van der Waals surface area contributed by atoms with Gasteiger partial charge in [-0.25, -0.2) is 9.37 Å². The third kappa shape index (κ3) is 4.61. The highest BCUT2D eigenvalue weighted by Crippen LogP contribution is 2.24. The molecule has 0 fully saturated rings. The first-order valence-corrected chi connectivity index (χ1v) is 9.00. The van der Waals surface area contributed by atoms with Gasteiger partial charge in [0.1, 0.15) is 10.8 Å². The molecule has 0 spiro atoms. The Hall–Kier alpha value is -2.86. The third-order valence-electron chi connectivity index (χ3n) is 3.80.